The van der Waals surface area contributed by atoms with E-state index in [0.29, 0.717) is 11.1 Å². The molecule has 1 saturated carbocycles. The molecule has 3 aromatic rings. The van der Waals surface area contributed by atoms with Crippen LogP contribution in [0.3, 0.4) is 0 Å². The van der Waals surface area contributed by atoms with Crippen LogP contribution in [0, 0.1) is 0 Å². The van der Waals surface area contributed by atoms with Gasteiger partial charge in [0, 0.05) is 24.0 Å². The van der Waals surface area contributed by atoms with Crippen molar-refractivity contribution in [3.05, 3.63) is 54.4 Å². The fraction of sp³-hybridized carbons (Fsp3) is 0.350. The molecule has 1 aliphatic rings. The number of hydrogen-bond donors (Lipinski definition) is 1. The predicted molar refractivity (Wildman–Crippen MR) is 111 cm³/mol. The molecule has 0 bridgehead atoms. The van der Waals surface area contributed by atoms with Crippen molar-refractivity contribution in [1.29, 1.82) is 0 Å². The van der Waals surface area contributed by atoms with Crippen LogP contribution >= 0.6 is 11.8 Å². The molecule has 1 aromatic carbocycles. The van der Waals surface area contributed by atoms with Gasteiger partial charge in [-0.15, -0.1) is 10.2 Å². The first-order valence-electron chi connectivity index (χ1n) is 9.63. The fourth-order valence-electron chi connectivity index (χ4n) is 3.49. The lowest BCUT2D eigenvalue weighted by Gasteiger charge is -2.20. The van der Waals surface area contributed by atoms with Crippen molar-refractivity contribution in [3.63, 3.8) is 0 Å². The van der Waals surface area contributed by atoms with Crippen molar-refractivity contribution in [2.75, 3.05) is 5.75 Å². The largest absolute Gasteiger partial charge is 0.481 e. The highest BCUT2D eigenvalue weighted by Gasteiger charge is 2.23. The second-order valence-corrected chi connectivity index (χ2v) is 7.92. The summed E-state index contributed by atoms with van der Waals surface area (Å²) in [6.45, 7) is 0. The number of thioether (sulfide) groups is 1. The number of carboxylic acids is 1. The van der Waals surface area contributed by atoms with Crippen molar-refractivity contribution in [2.24, 2.45) is 5.10 Å². The van der Waals surface area contributed by atoms with Crippen LogP contribution < -0.4 is 0 Å². The molecule has 0 aliphatic heterocycles. The summed E-state index contributed by atoms with van der Waals surface area (Å²) < 4.78 is 3.65. The maximum absolute atomic E-state index is 11.0. The molecular weight excluding hydrogens is 388 g/mol. The Morgan fingerprint density at radius 2 is 2.00 bits per heavy atom. The second kappa shape index (κ2) is 9.04. The molecule has 2 aromatic heterocycles. The van der Waals surface area contributed by atoms with E-state index < -0.39 is 5.97 Å². The Morgan fingerprint density at radius 1 is 1.21 bits per heavy atom. The Balaban J connectivity index is 1.58. The van der Waals surface area contributed by atoms with Crippen molar-refractivity contribution >= 4 is 23.9 Å². The summed E-state index contributed by atoms with van der Waals surface area (Å²) in [7, 11) is 0. The van der Waals surface area contributed by atoms with E-state index in [1.54, 1.807) is 23.4 Å². The minimum absolute atomic E-state index is 0.0715. The molecule has 0 radical (unpaired) electrons. The molecule has 29 heavy (non-hydrogen) atoms. The second-order valence-electron chi connectivity index (χ2n) is 6.98. The summed E-state index contributed by atoms with van der Waals surface area (Å²) in [5.74, 6) is 0.181. The monoisotopic (exact) mass is 410 g/mol. The predicted octanol–water partition coefficient (Wildman–Crippen LogP) is 3.57. The number of nitrogens with zero attached hydrogens (tertiary/aromatic N) is 6. The highest BCUT2D eigenvalue weighted by Crippen LogP contribution is 2.33. The van der Waals surface area contributed by atoms with Crippen LogP contribution in [0.25, 0.3) is 5.69 Å². The van der Waals surface area contributed by atoms with E-state index in [0.717, 1.165) is 41.7 Å². The first-order valence-corrected chi connectivity index (χ1v) is 10.6. The van der Waals surface area contributed by atoms with Gasteiger partial charge in [0.2, 0.25) is 5.16 Å². The summed E-state index contributed by atoms with van der Waals surface area (Å²) in [5.41, 5.74) is 1.95. The average molecular weight is 411 g/mol. The highest BCUT2D eigenvalue weighted by molar-refractivity contribution is 7.99. The van der Waals surface area contributed by atoms with E-state index in [1.807, 2.05) is 35.0 Å². The number of imidazole rings is 1. The Kier molecular flexibility index (Phi) is 6.04. The Bertz CT molecular complexity index is 975. The number of carbonyl (C=O) groups is 1. The molecule has 8 nitrogen and oxygen atoms in total. The molecule has 1 N–H and O–H groups in total. The van der Waals surface area contributed by atoms with Crippen LogP contribution in [-0.2, 0) is 4.79 Å². The summed E-state index contributed by atoms with van der Waals surface area (Å²) >= 11 is 1.14. The number of benzene rings is 1. The van der Waals surface area contributed by atoms with E-state index in [9.17, 15) is 4.79 Å². The van der Waals surface area contributed by atoms with Gasteiger partial charge in [-0.1, -0.05) is 43.2 Å². The highest BCUT2D eigenvalue weighted by atomic mass is 32.2. The molecule has 1 aliphatic carbocycles. The van der Waals surface area contributed by atoms with Crippen molar-refractivity contribution < 1.29 is 9.90 Å². The van der Waals surface area contributed by atoms with Gasteiger partial charge in [0.15, 0.2) is 5.82 Å². The van der Waals surface area contributed by atoms with Crippen LogP contribution in [0.5, 0.6) is 0 Å². The molecule has 4 rings (SSSR count). The van der Waals surface area contributed by atoms with Crippen LogP contribution in [0.1, 0.15) is 49.4 Å². The number of carboxylic acid groups (broad SMARTS) is 1. The van der Waals surface area contributed by atoms with Crippen LogP contribution in [-0.4, -0.2) is 47.5 Å². The molecule has 150 valence electrons. The van der Waals surface area contributed by atoms with Crippen molar-refractivity contribution in [1.82, 2.24) is 24.4 Å². The first-order chi connectivity index (χ1) is 14.2. The lowest BCUT2D eigenvalue weighted by molar-refractivity contribution is -0.133. The smallest absolute Gasteiger partial charge is 0.313 e. The van der Waals surface area contributed by atoms with Gasteiger partial charge in [-0.3, -0.25) is 4.79 Å². The number of aromatic nitrogens is 5. The number of hydrogen-bond acceptors (Lipinski definition) is 6. The average Bonchev–Trinajstić information content (AvgIpc) is 3.42. The van der Waals surface area contributed by atoms with E-state index in [-0.39, 0.29) is 5.75 Å². The molecule has 0 unspecified atom stereocenters. The van der Waals surface area contributed by atoms with E-state index in [1.165, 1.54) is 19.3 Å². The molecule has 9 heteroatoms. The number of aliphatic carboxylic acids is 1. The molecule has 0 amide bonds. The molecule has 0 saturated heterocycles. The molecule has 2 heterocycles. The lowest BCUT2D eigenvalue weighted by Crippen LogP contribution is -2.11. The number of rotatable bonds is 7. The maximum Gasteiger partial charge on any atom is 0.313 e. The van der Waals surface area contributed by atoms with Crippen LogP contribution in [0.4, 0.5) is 0 Å². The van der Waals surface area contributed by atoms with Gasteiger partial charge in [-0.2, -0.15) is 9.78 Å². The summed E-state index contributed by atoms with van der Waals surface area (Å²) in [6.07, 6.45) is 12.9. The third kappa shape index (κ3) is 4.73. The summed E-state index contributed by atoms with van der Waals surface area (Å²) in [6, 6.07) is 7.95. The van der Waals surface area contributed by atoms with Crippen molar-refractivity contribution in [3.8, 4) is 5.69 Å². The van der Waals surface area contributed by atoms with Gasteiger partial charge in [0.25, 0.3) is 0 Å². The lowest BCUT2D eigenvalue weighted by atomic mass is 9.89. The SMILES string of the molecule is O=C(O)CSc1nnc(C2CCCCC2)n1N=Cc1ccc(-n2ccnc2)cc1. The first kappa shape index (κ1) is 19.4. The van der Waals surface area contributed by atoms with E-state index in [2.05, 4.69) is 20.3 Å². The van der Waals surface area contributed by atoms with Crippen LogP contribution in [0.15, 0.2) is 53.2 Å². The van der Waals surface area contributed by atoms with Gasteiger partial charge < -0.3 is 9.67 Å². The molecular formula is C20H22N6O2S. The van der Waals surface area contributed by atoms with Gasteiger partial charge in [0.05, 0.1) is 18.3 Å². The Morgan fingerprint density at radius 3 is 2.69 bits per heavy atom. The zero-order valence-corrected chi connectivity index (χ0v) is 16.7. The van der Waals surface area contributed by atoms with Crippen molar-refractivity contribution in [2.45, 2.75) is 43.2 Å². The standard InChI is InChI=1S/C20H22N6O2S/c27-18(28)13-29-20-24-23-19(16-4-2-1-3-5-16)26(20)22-12-15-6-8-17(9-7-15)25-11-10-21-14-25/h6-12,14,16H,1-5,13H2,(H,27,28). The normalized spacial score (nSPS) is 15.2. The molecule has 1 fully saturated rings. The summed E-state index contributed by atoms with van der Waals surface area (Å²) in [4.78, 5) is 15.0. The quantitative estimate of drug-likeness (QED) is 0.472. The topological polar surface area (TPSA) is 98.2 Å². The Hall–Kier alpha value is -2.94. The van der Waals surface area contributed by atoms with E-state index in [4.69, 9.17) is 5.11 Å². The maximum atomic E-state index is 11.0. The zero-order valence-electron chi connectivity index (χ0n) is 15.9. The zero-order chi connectivity index (χ0) is 20.1. The third-order valence-corrected chi connectivity index (χ3v) is 5.85. The van der Waals surface area contributed by atoms with Gasteiger partial charge in [-0.25, -0.2) is 4.98 Å². The van der Waals surface area contributed by atoms with E-state index >= 15 is 0 Å². The Labute approximate surface area is 172 Å². The minimum atomic E-state index is -0.886. The third-order valence-electron chi connectivity index (χ3n) is 4.95. The minimum Gasteiger partial charge on any atom is -0.481 e. The summed E-state index contributed by atoms with van der Waals surface area (Å²) in [5, 5.41) is 22.7. The van der Waals surface area contributed by atoms with Gasteiger partial charge in [-0.05, 0) is 30.5 Å². The van der Waals surface area contributed by atoms with Gasteiger partial charge >= 0.3 is 5.97 Å². The fourth-order valence-corrected chi connectivity index (χ4v) is 4.10. The molecule has 0 spiro atoms. The van der Waals surface area contributed by atoms with Gasteiger partial charge in [0.1, 0.15) is 0 Å². The van der Waals surface area contributed by atoms with Crippen LogP contribution in [0.2, 0.25) is 0 Å². The molecule has 0 atom stereocenters.